The van der Waals surface area contributed by atoms with Crippen molar-refractivity contribution in [3.05, 3.63) is 52.7 Å². The molecule has 2 aromatic rings. The van der Waals surface area contributed by atoms with E-state index in [2.05, 4.69) is 10.0 Å². The first kappa shape index (κ1) is 16.0. The summed E-state index contributed by atoms with van der Waals surface area (Å²) >= 11 is 5.81. The summed E-state index contributed by atoms with van der Waals surface area (Å²) in [6.07, 6.45) is 1.44. The average molecular weight is 333 g/mol. The number of sulfonamides is 1. The number of benzene rings is 1. The molecule has 0 aliphatic rings. The van der Waals surface area contributed by atoms with Crippen molar-refractivity contribution in [1.29, 1.82) is 0 Å². The summed E-state index contributed by atoms with van der Waals surface area (Å²) in [5, 5.41) is 2.72. The van der Waals surface area contributed by atoms with Gasteiger partial charge in [0.2, 0.25) is 10.0 Å². The predicted octanol–water partition coefficient (Wildman–Crippen LogP) is 2.27. The Kier molecular flexibility index (Phi) is 5.00. The zero-order chi connectivity index (χ0) is 15.5. The molecule has 1 aromatic heterocycles. The minimum absolute atomic E-state index is 0.0130. The Morgan fingerprint density at radius 3 is 2.71 bits per heavy atom. The van der Waals surface area contributed by atoms with Crippen molar-refractivity contribution in [2.75, 3.05) is 7.05 Å². The fraction of sp³-hybridized carbons (Fsp3) is 0.231. The maximum Gasteiger partial charge on any atom is 0.241 e. The molecule has 0 spiro atoms. The normalized spacial score (nSPS) is 11.8. The lowest BCUT2D eigenvalue weighted by atomic mass is 10.2. The van der Waals surface area contributed by atoms with E-state index in [9.17, 15) is 12.8 Å². The van der Waals surface area contributed by atoms with Crippen LogP contribution in [0.15, 0.2) is 39.8 Å². The van der Waals surface area contributed by atoms with Gasteiger partial charge in [0.15, 0.2) is 0 Å². The van der Waals surface area contributed by atoms with Crippen molar-refractivity contribution in [3.8, 4) is 0 Å². The van der Waals surface area contributed by atoms with Crippen LogP contribution in [0.2, 0.25) is 5.02 Å². The third kappa shape index (κ3) is 3.82. The standard InChI is InChI=1S/C13H14ClFN2O3S/c1-16-7-9-5-11(6-12(15)13(9)14)21(18,19)17-8-10-3-2-4-20-10/h2-6,16-17H,7-8H2,1H3. The zero-order valence-corrected chi connectivity index (χ0v) is 12.8. The summed E-state index contributed by atoms with van der Waals surface area (Å²) in [7, 11) is -2.20. The van der Waals surface area contributed by atoms with Crippen molar-refractivity contribution in [1.82, 2.24) is 10.0 Å². The van der Waals surface area contributed by atoms with Gasteiger partial charge in [0, 0.05) is 6.54 Å². The molecule has 0 saturated carbocycles. The monoisotopic (exact) mass is 332 g/mol. The number of furan rings is 1. The SMILES string of the molecule is CNCc1cc(S(=O)(=O)NCc2ccco2)cc(F)c1Cl. The molecule has 0 fully saturated rings. The Bertz CT molecular complexity index is 717. The van der Waals surface area contributed by atoms with Crippen LogP contribution in [0.25, 0.3) is 0 Å². The molecule has 1 heterocycles. The number of halogens is 2. The second kappa shape index (κ2) is 6.57. The molecule has 5 nitrogen and oxygen atoms in total. The second-order valence-corrected chi connectivity index (χ2v) is 6.46. The van der Waals surface area contributed by atoms with E-state index >= 15 is 0 Å². The molecule has 0 saturated heterocycles. The van der Waals surface area contributed by atoms with Gasteiger partial charge in [-0.2, -0.15) is 0 Å². The predicted molar refractivity (Wildman–Crippen MR) is 76.9 cm³/mol. The molecular weight excluding hydrogens is 319 g/mol. The summed E-state index contributed by atoms with van der Waals surface area (Å²) in [6, 6.07) is 5.52. The van der Waals surface area contributed by atoms with Crippen LogP contribution in [-0.2, 0) is 23.1 Å². The maximum atomic E-state index is 13.7. The highest BCUT2D eigenvalue weighted by Crippen LogP contribution is 2.24. The molecule has 2 rings (SSSR count). The van der Waals surface area contributed by atoms with E-state index in [1.165, 1.54) is 12.3 Å². The molecule has 0 radical (unpaired) electrons. The minimum Gasteiger partial charge on any atom is -0.468 e. The van der Waals surface area contributed by atoms with Crippen molar-refractivity contribution in [3.63, 3.8) is 0 Å². The first-order valence-electron chi connectivity index (χ1n) is 6.08. The van der Waals surface area contributed by atoms with Crippen molar-refractivity contribution in [2.24, 2.45) is 0 Å². The lowest BCUT2D eigenvalue weighted by Gasteiger charge is -2.10. The van der Waals surface area contributed by atoms with Crippen LogP contribution in [0.3, 0.4) is 0 Å². The van der Waals surface area contributed by atoms with Gasteiger partial charge in [-0.25, -0.2) is 17.5 Å². The van der Waals surface area contributed by atoms with E-state index in [4.69, 9.17) is 16.0 Å². The molecule has 0 aliphatic carbocycles. The van der Waals surface area contributed by atoms with Gasteiger partial charge < -0.3 is 9.73 Å². The fourth-order valence-electron chi connectivity index (χ4n) is 1.76. The van der Waals surface area contributed by atoms with Gasteiger partial charge in [0.25, 0.3) is 0 Å². The summed E-state index contributed by atoms with van der Waals surface area (Å²) in [5.41, 5.74) is 0.373. The molecule has 8 heteroatoms. The molecule has 0 aliphatic heterocycles. The van der Waals surface area contributed by atoms with Crippen LogP contribution in [0.4, 0.5) is 4.39 Å². The van der Waals surface area contributed by atoms with E-state index < -0.39 is 15.8 Å². The Morgan fingerprint density at radius 2 is 2.10 bits per heavy atom. The lowest BCUT2D eigenvalue weighted by Crippen LogP contribution is -2.23. The first-order chi connectivity index (χ1) is 9.94. The average Bonchev–Trinajstić information content (AvgIpc) is 2.95. The van der Waals surface area contributed by atoms with Gasteiger partial charge in [-0.05, 0) is 36.9 Å². The van der Waals surface area contributed by atoms with Gasteiger partial charge in [-0.15, -0.1) is 0 Å². The molecular formula is C13H14ClFN2O3S. The van der Waals surface area contributed by atoms with Gasteiger partial charge in [-0.3, -0.25) is 0 Å². The summed E-state index contributed by atoms with van der Waals surface area (Å²) in [6.45, 7) is 0.248. The van der Waals surface area contributed by atoms with E-state index in [-0.39, 0.29) is 23.0 Å². The lowest BCUT2D eigenvalue weighted by molar-refractivity contribution is 0.498. The Morgan fingerprint density at radius 1 is 1.33 bits per heavy atom. The van der Waals surface area contributed by atoms with Gasteiger partial charge in [-0.1, -0.05) is 11.6 Å². The van der Waals surface area contributed by atoms with Crippen LogP contribution < -0.4 is 10.0 Å². The molecule has 0 unspecified atom stereocenters. The highest BCUT2D eigenvalue weighted by molar-refractivity contribution is 7.89. The van der Waals surface area contributed by atoms with E-state index in [0.717, 1.165) is 6.07 Å². The van der Waals surface area contributed by atoms with Gasteiger partial charge in [0.1, 0.15) is 11.6 Å². The Hall–Kier alpha value is -1.41. The number of hydrogen-bond donors (Lipinski definition) is 2. The van der Waals surface area contributed by atoms with Gasteiger partial charge in [0.05, 0.1) is 22.7 Å². The Labute approximate surface area is 127 Å². The highest BCUT2D eigenvalue weighted by atomic mass is 35.5. The number of rotatable bonds is 6. The molecule has 114 valence electrons. The first-order valence-corrected chi connectivity index (χ1v) is 7.94. The summed E-state index contributed by atoms with van der Waals surface area (Å²) in [5.74, 6) is -0.314. The van der Waals surface area contributed by atoms with Crippen LogP contribution >= 0.6 is 11.6 Å². The summed E-state index contributed by atoms with van der Waals surface area (Å²) < 4.78 is 45.4. The van der Waals surface area contributed by atoms with E-state index in [1.807, 2.05) is 0 Å². The molecule has 1 aromatic carbocycles. The number of nitrogens with one attached hydrogen (secondary N) is 2. The third-order valence-electron chi connectivity index (χ3n) is 2.77. The molecule has 2 N–H and O–H groups in total. The second-order valence-electron chi connectivity index (χ2n) is 4.31. The topological polar surface area (TPSA) is 71.3 Å². The summed E-state index contributed by atoms with van der Waals surface area (Å²) in [4.78, 5) is -0.179. The van der Waals surface area contributed by atoms with Crippen LogP contribution in [0, 0.1) is 5.82 Å². The van der Waals surface area contributed by atoms with E-state index in [0.29, 0.717) is 11.3 Å². The molecule has 0 amide bonds. The smallest absolute Gasteiger partial charge is 0.241 e. The largest absolute Gasteiger partial charge is 0.468 e. The molecule has 0 atom stereocenters. The van der Waals surface area contributed by atoms with E-state index in [1.54, 1.807) is 19.2 Å². The van der Waals surface area contributed by atoms with Crippen LogP contribution in [0.5, 0.6) is 0 Å². The molecule has 21 heavy (non-hydrogen) atoms. The maximum absolute atomic E-state index is 13.7. The van der Waals surface area contributed by atoms with Crippen molar-refractivity contribution < 1.29 is 17.2 Å². The quantitative estimate of drug-likeness (QED) is 0.851. The van der Waals surface area contributed by atoms with Crippen molar-refractivity contribution in [2.45, 2.75) is 18.0 Å². The van der Waals surface area contributed by atoms with Crippen LogP contribution in [0.1, 0.15) is 11.3 Å². The molecule has 0 bridgehead atoms. The van der Waals surface area contributed by atoms with Crippen molar-refractivity contribution >= 4 is 21.6 Å². The zero-order valence-electron chi connectivity index (χ0n) is 11.2. The fourth-order valence-corrected chi connectivity index (χ4v) is 2.99. The van der Waals surface area contributed by atoms with Crippen LogP contribution in [-0.4, -0.2) is 15.5 Å². The highest BCUT2D eigenvalue weighted by Gasteiger charge is 2.19. The third-order valence-corrected chi connectivity index (χ3v) is 4.58. The number of hydrogen-bond acceptors (Lipinski definition) is 4. The minimum atomic E-state index is -3.85. The Balaban J connectivity index is 2.27. The van der Waals surface area contributed by atoms with Gasteiger partial charge >= 0.3 is 0 Å².